The molecule has 0 N–H and O–H groups in total. The van der Waals surface area contributed by atoms with Gasteiger partial charge in [-0.15, -0.1) is 10.2 Å². The molecule has 2 heterocycles. The van der Waals surface area contributed by atoms with Crippen molar-refractivity contribution in [2.75, 3.05) is 14.2 Å². The zero-order valence-corrected chi connectivity index (χ0v) is 13.2. The van der Waals surface area contributed by atoms with Gasteiger partial charge < -0.3 is 9.47 Å². The van der Waals surface area contributed by atoms with Crippen LogP contribution in [0.5, 0.6) is 11.5 Å². The minimum absolute atomic E-state index is 0.662. The third kappa shape index (κ3) is 2.45. The van der Waals surface area contributed by atoms with Crippen LogP contribution in [-0.2, 0) is 6.42 Å². The first kappa shape index (κ1) is 14.6. The summed E-state index contributed by atoms with van der Waals surface area (Å²) in [6.07, 6.45) is 6.19. The standard InChI is InChI=1S/C16H20N4O2/c1-4-5-6-7-15-18-19-16-11-8-13(21-2)14(22-3)9-12(11)17-10-20(15)16/h8-10H,4-7H2,1-3H3. The molecular weight excluding hydrogens is 280 g/mol. The third-order valence-corrected chi connectivity index (χ3v) is 3.83. The van der Waals surface area contributed by atoms with Gasteiger partial charge in [-0.05, 0) is 12.5 Å². The van der Waals surface area contributed by atoms with E-state index in [9.17, 15) is 0 Å². The van der Waals surface area contributed by atoms with Crippen molar-refractivity contribution in [3.63, 3.8) is 0 Å². The van der Waals surface area contributed by atoms with Crippen molar-refractivity contribution in [3.8, 4) is 11.5 Å². The van der Waals surface area contributed by atoms with Crippen molar-refractivity contribution in [1.29, 1.82) is 0 Å². The Morgan fingerprint density at radius 3 is 2.55 bits per heavy atom. The second kappa shape index (κ2) is 6.17. The fraction of sp³-hybridized carbons (Fsp3) is 0.438. The summed E-state index contributed by atoms with van der Waals surface area (Å²) >= 11 is 0. The number of rotatable bonds is 6. The number of benzene rings is 1. The van der Waals surface area contributed by atoms with Crippen LogP contribution in [0.1, 0.15) is 32.0 Å². The van der Waals surface area contributed by atoms with Gasteiger partial charge in [0.2, 0.25) is 0 Å². The van der Waals surface area contributed by atoms with Crippen molar-refractivity contribution in [1.82, 2.24) is 19.6 Å². The second-order valence-electron chi connectivity index (χ2n) is 5.24. The first-order valence-corrected chi connectivity index (χ1v) is 7.52. The fourth-order valence-electron chi connectivity index (χ4n) is 2.61. The third-order valence-electron chi connectivity index (χ3n) is 3.83. The van der Waals surface area contributed by atoms with Crippen LogP contribution in [0, 0.1) is 0 Å². The Hall–Kier alpha value is -2.37. The summed E-state index contributed by atoms with van der Waals surface area (Å²) in [5.74, 6) is 2.28. The summed E-state index contributed by atoms with van der Waals surface area (Å²) in [5.41, 5.74) is 1.62. The molecular formula is C16H20N4O2. The largest absolute Gasteiger partial charge is 0.493 e. The van der Waals surface area contributed by atoms with E-state index in [2.05, 4.69) is 22.1 Å². The SMILES string of the molecule is CCCCCc1nnc2c3cc(OC)c(OC)cc3ncn12. The molecule has 0 aliphatic rings. The fourth-order valence-corrected chi connectivity index (χ4v) is 2.61. The number of hydrogen-bond acceptors (Lipinski definition) is 5. The first-order valence-electron chi connectivity index (χ1n) is 7.52. The molecule has 22 heavy (non-hydrogen) atoms. The van der Waals surface area contributed by atoms with Crippen LogP contribution in [0.15, 0.2) is 18.5 Å². The highest BCUT2D eigenvalue weighted by Gasteiger charge is 2.13. The van der Waals surface area contributed by atoms with Crippen molar-refractivity contribution in [3.05, 3.63) is 24.3 Å². The molecule has 0 spiro atoms. The second-order valence-corrected chi connectivity index (χ2v) is 5.24. The van der Waals surface area contributed by atoms with Gasteiger partial charge in [0.1, 0.15) is 12.2 Å². The summed E-state index contributed by atoms with van der Waals surface area (Å²) in [4.78, 5) is 4.50. The predicted molar refractivity (Wildman–Crippen MR) is 84.6 cm³/mol. The molecule has 0 radical (unpaired) electrons. The van der Waals surface area contributed by atoms with Crippen LogP contribution in [0.3, 0.4) is 0 Å². The molecule has 0 amide bonds. The summed E-state index contributed by atoms with van der Waals surface area (Å²) in [7, 11) is 3.24. The lowest BCUT2D eigenvalue weighted by Crippen LogP contribution is -1.98. The summed E-state index contributed by atoms with van der Waals surface area (Å²) in [5, 5.41) is 9.56. The highest BCUT2D eigenvalue weighted by Crippen LogP contribution is 2.32. The van der Waals surface area contributed by atoms with E-state index >= 15 is 0 Å². The van der Waals surface area contributed by atoms with Crippen LogP contribution in [0.2, 0.25) is 0 Å². The molecule has 0 bridgehead atoms. The van der Waals surface area contributed by atoms with Gasteiger partial charge in [0, 0.05) is 17.9 Å². The predicted octanol–water partition coefficient (Wildman–Crippen LogP) is 3.03. The van der Waals surface area contributed by atoms with Gasteiger partial charge in [-0.3, -0.25) is 4.40 Å². The molecule has 6 nitrogen and oxygen atoms in total. The molecule has 0 unspecified atom stereocenters. The number of fused-ring (bicyclic) bond motifs is 3. The molecule has 0 atom stereocenters. The van der Waals surface area contributed by atoms with Crippen molar-refractivity contribution in [2.24, 2.45) is 0 Å². The molecule has 116 valence electrons. The number of methoxy groups -OCH3 is 2. The van der Waals surface area contributed by atoms with Gasteiger partial charge in [0.25, 0.3) is 0 Å². The van der Waals surface area contributed by atoms with Crippen LogP contribution in [0.4, 0.5) is 0 Å². The van der Waals surface area contributed by atoms with Gasteiger partial charge in [0.15, 0.2) is 17.1 Å². The van der Waals surface area contributed by atoms with Crippen molar-refractivity contribution >= 4 is 16.6 Å². The number of aryl methyl sites for hydroxylation is 1. The molecule has 2 aromatic heterocycles. The molecule has 3 rings (SSSR count). The Labute approximate surface area is 129 Å². The van der Waals surface area contributed by atoms with Crippen molar-refractivity contribution in [2.45, 2.75) is 32.6 Å². The van der Waals surface area contributed by atoms with E-state index in [1.165, 1.54) is 12.8 Å². The average molecular weight is 300 g/mol. The van der Waals surface area contributed by atoms with Crippen LogP contribution < -0.4 is 9.47 Å². The van der Waals surface area contributed by atoms with E-state index in [1.807, 2.05) is 16.5 Å². The molecule has 1 aromatic carbocycles. The smallest absolute Gasteiger partial charge is 0.171 e. The van der Waals surface area contributed by atoms with Gasteiger partial charge >= 0.3 is 0 Å². The Morgan fingerprint density at radius 1 is 1.05 bits per heavy atom. The Bertz CT molecular complexity index is 798. The Morgan fingerprint density at radius 2 is 1.82 bits per heavy atom. The Kier molecular flexibility index (Phi) is 4.09. The molecule has 3 aromatic rings. The molecule has 6 heteroatoms. The number of ether oxygens (including phenoxy) is 2. The number of unbranched alkanes of at least 4 members (excludes halogenated alkanes) is 2. The molecule has 0 saturated carbocycles. The Balaban J connectivity index is 2.10. The highest BCUT2D eigenvalue weighted by atomic mass is 16.5. The number of nitrogens with zero attached hydrogens (tertiary/aromatic N) is 4. The van der Waals surface area contributed by atoms with Gasteiger partial charge in [-0.2, -0.15) is 0 Å². The maximum atomic E-state index is 5.37. The summed E-state index contributed by atoms with van der Waals surface area (Å²) in [6.45, 7) is 2.19. The zero-order chi connectivity index (χ0) is 15.5. The van der Waals surface area contributed by atoms with Crippen molar-refractivity contribution < 1.29 is 9.47 Å². The lowest BCUT2D eigenvalue weighted by atomic mass is 10.2. The quantitative estimate of drug-likeness (QED) is 0.655. The maximum Gasteiger partial charge on any atom is 0.171 e. The topological polar surface area (TPSA) is 61.5 Å². The van der Waals surface area contributed by atoms with E-state index in [-0.39, 0.29) is 0 Å². The van der Waals surface area contributed by atoms with E-state index in [1.54, 1.807) is 20.5 Å². The minimum atomic E-state index is 0.662. The molecule has 0 aliphatic heterocycles. The molecule has 0 fully saturated rings. The van der Waals surface area contributed by atoms with Gasteiger partial charge in [-0.25, -0.2) is 4.98 Å². The highest BCUT2D eigenvalue weighted by molar-refractivity contribution is 5.93. The summed E-state index contributed by atoms with van der Waals surface area (Å²) < 4.78 is 12.7. The van der Waals surface area contributed by atoms with Gasteiger partial charge in [0.05, 0.1) is 19.7 Å². The van der Waals surface area contributed by atoms with Crippen LogP contribution in [0.25, 0.3) is 16.6 Å². The summed E-state index contributed by atoms with van der Waals surface area (Å²) in [6, 6.07) is 3.76. The lowest BCUT2D eigenvalue weighted by molar-refractivity contribution is 0.356. The maximum absolute atomic E-state index is 5.37. The molecule has 0 saturated heterocycles. The van der Waals surface area contributed by atoms with Gasteiger partial charge in [-0.1, -0.05) is 19.8 Å². The normalized spacial score (nSPS) is 11.2. The number of hydrogen-bond donors (Lipinski definition) is 0. The first-order chi connectivity index (χ1) is 10.8. The monoisotopic (exact) mass is 300 g/mol. The van der Waals surface area contributed by atoms with E-state index in [4.69, 9.17) is 9.47 Å². The minimum Gasteiger partial charge on any atom is -0.493 e. The van der Waals surface area contributed by atoms with E-state index in [0.717, 1.165) is 35.2 Å². The number of aromatic nitrogens is 4. The zero-order valence-electron chi connectivity index (χ0n) is 13.2. The average Bonchev–Trinajstić information content (AvgIpc) is 2.97. The molecule has 0 aliphatic carbocycles. The van der Waals surface area contributed by atoms with Crippen LogP contribution >= 0.6 is 0 Å². The lowest BCUT2D eigenvalue weighted by Gasteiger charge is -2.09. The van der Waals surface area contributed by atoms with E-state index < -0.39 is 0 Å². The van der Waals surface area contributed by atoms with Crippen LogP contribution in [-0.4, -0.2) is 33.8 Å². The van der Waals surface area contributed by atoms with E-state index in [0.29, 0.717) is 11.5 Å².